The van der Waals surface area contributed by atoms with Gasteiger partial charge in [0.05, 0.1) is 0 Å². The maximum Gasteiger partial charge on any atom is 0.135 e. The summed E-state index contributed by atoms with van der Waals surface area (Å²) in [6, 6.07) is 41.8. The van der Waals surface area contributed by atoms with Gasteiger partial charge in [-0.2, -0.15) is 0 Å². The highest BCUT2D eigenvalue weighted by Gasteiger charge is 2.14. The lowest BCUT2D eigenvalue weighted by atomic mass is 9.98. The van der Waals surface area contributed by atoms with E-state index >= 15 is 0 Å². The number of hydrogen-bond donors (Lipinski definition) is 0. The van der Waals surface area contributed by atoms with E-state index < -0.39 is 0 Å². The quantitative estimate of drug-likeness (QED) is 0.312. The van der Waals surface area contributed by atoms with Gasteiger partial charge in [0.2, 0.25) is 0 Å². The van der Waals surface area contributed by atoms with Gasteiger partial charge in [0.25, 0.3) is 0 Å². The highest BCUT2D eigenvalue weighted by molar-refractivity contribution is 5.84. The monoisotopic (exact) mass is 372 g/mol. The Hall–Kier alpha value is -3.84. The van der Waals surface area contributed by atoms with Crippen molar-refractivity contribution in [2.45, 2.75) is 0 Å². The Morgan fingerprint density at radius 1 is 0.310 bits per heavy atom. The fourth-order valence-electron chi connectivity index (χ4n) is 3.76. The molecule has 0 fully saturated rings. The standard InChI is InChI=1S/C28H20O/c1-3-11-21(12-4-1)23-15-7-9-17-25(23)27-19-20-28(29-27)26-18-10-8-16-24(26)22-13-5-2-6-14-22/h1-20H. The van der Waals surface area contributed by atoms with Crippen molar-refractivity contribution in [2.75, 3.05) is 0 Å². The molecule has 5 aromatic rings. The van der Waals surface area contributed by atoms with Crippen LogP contribution in [0.2, 0.25) is 0 Å². The smallest absolute Gasteiger partial charge is 0.135 e. The van der Waals surface area contributed by atoms with E-state index in [9.17, 15) is 0 Å². The summed E-state index contributed by atoms with van der Waals surface area (Å²) in [5, 5.41) is 0. The van der Waals surface area contributed by atoms with Gasteiger partial charge in [-0.1, -0.05) is 109 Å². The molecule has 138 valence electrons. The van der Waals surface area contributed by atoms with E-state index in [4.69, 9.17) is 4.42 Å². The average molecular weight is 372 g/mol. The lowest BCUT2D eigenvalue weighted by molar-refractivity contribution is 0.598. The lowest BCUT2D eigenvalue weighted by Crippen LogP contribution is -1.84. The minimum Gasteiger partial charge on any atom is -0.456 e. The molecule has 0 atom stereocenters. The molecule has 0 radical (unpaired) electrons. The summed E-state index contributed by atoms with van der Waals surface area (Å²) in [5.74, 6) is 1.75. The molecule has 0 amide bonds. The van der Waals surface area contributed by atoms with Crippen LogP contribution in [0.15, 0.2) is 126 Å². The van der Waals surface area contributed by atoms with Gasteiger partial charge >= 0.3 is 0 Å². The van der Waals surface area contributed by atoms with E-state index in [0.29, 0.717) is 0 Å². The molecule has 0 spiro atoms. The van der Waals surface area contributed by atoms with Crippen molar-refractivity contribution in [3.8, 4) is 44.9 Å². The van der Waals surface area contributed by atoms with Crippen molar-refractivity contribution in [3.63, 3.8) is 0 Å². The Balaban J connectivity index is 1.60. The van der Waals surface area contributed by atoms with Crippen LogP contribution in [0.1, 0.15) is 0 Å². The first-order valence-electron chi connectivity index (χ1n) is 9.79. The van der Waals surface area contributed by atoms with Gasteiger partial charge in [0.15, 0.2) is 0 Å². The van der Waals surface area contributed by atoms with Crippen molar-refractivity contribution < 1.29 is 4.42 Å². The third-order valence-electron chi connectivity index (χ3n) is 5.16. The van der Waals surface area contributed by atoms with Crippen LogP contribution >= 0.6 is 0 Å². The summed E-state index contributed by atoms with van der Waals surface area (Å²) in [5.41, 5.74) is 6.91. The maximum atomic E-state index is 6.38. The van der Waals surface area contributed by atoms with Gasteiger partial charge in [-0.15, -0.1) is 0 Å². The molecule has 0 N–H and O–H groups in total. The molecular formula is C28H20O. The first-order chi connectivity index (χ1) is 14.4. The van der Waals surface area contributed by atoms with Crippen LogP contribution in [0.3, 0.4) is 0 Å². The molecule has 0 bridgehead atoms. The lowest BCUT2D eigenvalue weighted by Gasteiger charge is -2.09. The van der Waals surface area contributed by atoms with Crippen LogP contribution in [-0.4, -0.2) is 0 Å². The molecule has 1 nitrogen and oxygen atoms in total. The van der Waals surface area contributed by atoms with Gasteiger partial charge < -0.3 is 4.42 Å². The van der Waals surface area contributed by atoms with E-state index in [-0.39, 0.29) is 0 Å². The maximum absolute atomic E-state index is 6.38. The van der Waals surface area contributed by atoms with E-state index in [2.05, 4.69) is 109 Å². The molecule has 0 unspecified atom stereocenters. The van der Waals surface area contributed by atoms with Crippen LogP contribution in [0.4, 0.5) is 0 Å². The summed E-state index contributed by atoms with van der Waals surface area (Å²) in [6.45, 7) is 0. The highest BCUT2D eigenvalue weighted by Crippen LogP contribution is 2.38. The van der Waals surface area contributed by atoms with Crippen molar-refractivity contribution in [1.29, 1.82) is 0 Å². The van der Waals surface area contributed by atoms with Crippen LogP contribution in [-0.2, 0) is 0 Å². The first-order valence-corrected chi connectivity index (χ1v) is 9.79. The van der Waals surface area contributed by atoms with E-state index in [0.717, 1.165) is 22.6 Å². The van der Waals surface area contributed by atoms with Crippen molar-refractivity contribution >= 4 is 0 Å². The van der Waals surface area contributed by atoms with Gasteiger partial charge in [0, 0.05) is 11.1 Å². The number of rotatable bonds is 4. The highest BCUT2D eigenvalue weighted by atomic mass is 16.3. The third-order valence-corrected chi connectivity index (χ3v) is 5.16. The SMILES string of the molecule is c1ccc(-c2ccccc2-c2ccc(-c3ccccc3-c3ccccc3)o2)cc1. The largest absolute Gasteiger partial charge is 0.456 e. The molecule has 1 aromatic heterocycles. The Morgan fingerprint density at radius 3 is 1.07 bits per heavy atom. The zero-order valence-electron chi connectivity index (χ0n) is 16.0. The van der Waals surface area contributed by atoms with Crippen LogP contribution in [0.25, 0.3) is 44.9 Å². The summed E-state index contributed by atoms with van der Waals surface area (Å²) < 4.78 is 6.38. The molecule has 5 rings (SSSR count). The summed E-state index contributed by atoms with van der Waals surface area (Å²) in [4.78, 5) is 0. The minimum absolute atomic E-state index is 0.877. The molecule has 0 saturated heterocycles. The Kier molecular flexibility index (Phi) is 4.56. The van der Waals surface area contributed by atoms with Gasteiger partial charge in [0.1, 0.15) is 11.5 Å². The van der Waals surface area contributed by atoms with Gasteiger partial charge in [-0.25, -0.2) is 0 Å². The molecule has 29 heavy (non-hydrogen) atoms. The van der Waals surface area contributed by atoms with Crippen molar-refractivity contribution in [3.05, 3.63) is 121 Å². The molecule has 0 aliphatic heterocycles. The van der Waals surface area contributed by atoms with Crippen molar-refractivity contribution in [1.82, 2.24) is 0 Å². The van der Waals surface area contributed by atoms with Gasteiger partial charge in [-0.05, 0) is 34.4 Å². The topological polar surface area (TPSA) is 13.1 Å². The van der Waals surface area contributed by atoms with E-state index in [1.165, 1.54) is 22.3 Å². The summed E-state index contributed by atoms with van der Waals surface area (Å²) in [7, 11) is 0. The third kappa shape index (κ3) is 3.39. The molecule has 4 aromatic carbocycles. The second-order valence-electron chi connectivity index (χ2n) is 6.99. The van der Waals surface area contributed by atoms with Crippen LogP contribution < -0.4 is 0 Å². The molecular weight excluding hydrogens is 352 g/mol. The molecule has 0 aliphatic carbocycles. The minimum atomic E-state index is 0.877. The Bertz CT molecular complexity index is 1140. The number of hydrogen-bond acceptors (Lipinski definition) is 1. The van der Waals surface area contributed by atoms with E-state index in [1.54, 1.807) is 0 Å². The number of furan rings is 1. The molecule has 1 heteroatoms. The zero-order chi connectivity index (χ0) is 19.5. The molecule has 1 heterocycles. The van der Waals surface area contributed by atoms with Gasteiger partial charge in [-0.3, -0.25) is 0 Å². The molecule has 0 saturated carbocycles. The predicted octanol–water partition coefficient (Wildman–Crippen LogP) is 7.95. The zero-order valence-corrected chi connectivity index (χ0v) is 16.0. The van der Waals surface area contributed by atoms with E-state index in [1.807, 2.05) is 12.1 Å². The predicted molar refractivity (Wildman–Crippen MR) is 120 cm³/mol. The molecule has 0 aliphatic rings. The van der Waals surface area contributed by atoms with Crippen LogP contribution in [0, 0.1) is 0 Å². The van der Waals surface area contributed by atoms with Crippen LogP contribution in [0.5, 0.6) is 0 Å². The Morgan fingerprint density at radius 2 is 0.655 bits per heavy atom. The fourth-order valence-corrected chi connectivity index (χ4v) is 3.76. The van der Waals surface area contributed by atoms with Crippen molar-refractivity contribution in [2.24, 2.45) is 0 Å². The fraction of sp³-hybridized carbons (Fsp3) is 0. The summed E-state index contributed by atoms with van der Waals surface area (Å²) in [6.07, 6.45) is 0. The second-order valence-corrected chi connectivity index (χ2v) is 6.99. The second kappa shape index (κ2) is 7.65. The average Bonchev–Trinajstić information content (AvgIpc) is 3.30. The normalized spacial score (nSPS) is 10.8. The first kappa shape index (κ1) is 17.3. The summed E-state index contributed by atoms with van der Waals surface area (Å²) >= 11 is 0. The number of benzene rings is 4. The Labute approximate surface area is 170 Å².